The first-order valence-electron chi connectivity index (χ1n) is 9.49. The van der Waals surface area contributed by atoms with E-state index in [2.05, 4.69) is 10.0 Å². The highest BCUT2D eigenvalue weighted by molar-refractivity contribution is 7.92. The normalized spacial score (nSPS) is 12.0. The first-order chi connectivity index (χ1) is 15.4. The van der Waals surface area contributed by atoms with Crippen molar-refractivity contribution in [1.29, 1.82) is 0 Å². The Kier molecular flexibility index (Phi) is 6.87. The third kappa shape index (κ3) is 6.42. The van der Waals surface area contributed by atoms with Crippen molar-refractivity contribution in [3.63, 3.8) is 0 Å². The van der Waals surface area contributed by atoms with Gasteiger partial charge in [-0.05, 0) is 72.7 Å². The van der Waals surface area contributed by atoms with E-state index in [0.717, 1.165) is 30.3 Å². The Labute approximate surface area is 187 Å². The number of amides is 1. The number of benzene rings is 3. The van der Waals surface area contributed by atoms with Gasteiger partial charge in [-0.25, -0.2) is 12.8 Å². The Hall–Kier alpha value is -3.66. The molecule has 0 spiro atoms. The van der Waals surface area contributed by atoms with Crippen LogP contribution in [0, 0.1) is 12.7 Å². The average Bonchev–Trinajstić information content (AvgIpc) is 2.74. The van der Waals surface area contributed by atoms with Gasteiger partial charge in [-0.1, -0.05) is 18.2 Å². The van der Waals surface area contributed by atoms with Crippen LogP contribution in [-0.2, 0) is 21.0 Å². The molecule has 3 aromatic rings. The van der Waals surface area contributed by atoms with Crippen molar-refractivity contribution in [2.24, 2.45) is 0 Å². The molecule has 0 fully saturated rings. The molecule has 0 atom stereocenters. The first kappa shape index (κ1) is 24.0. The van der Waals surface area contributed by atoms with Crippen molar-refractivity contribution < 1.29 is 30.8 Å². The molecule has 10 heteroatoms. The van der Waals surface area contributed by atoms with E-state index in [1.165, 1.54) is 48.5 Å². The smallest absolute Gasteiger partial charge is 0.322 e. The monoisotopic (exact) mass is 478 g/mol. The number of hydrogen-bond donors (Lipinski definition) is 2. The van der Waals surface area contributed by atoms with Gasteiger partial charge in [0.2, 0.25) is 5.91 Å². The van der Waals surface area contributed by atoms with Crippen molar-refractivity contribution in [1.82, 2.24) is 0 Å². The second-order valence-electron chi connectivity index (χ2n) is 7.04. The standard InChI is InChI=1S/C23H18F4N2O3S/c1-15-5-9-20(14-21(15)33(31,32)29-19-10-7-18(24)8-11-19)28-22(30)12-6-16-3-2-4-17(13-16)23(25,26)27/h2-14,29H,1H3,(H,28,30). The number of anilines is 2. The predicted octanol–water partition coefficient (Wildman–Crippen LogP) is 5.61. The summed E-state index contributed by atoms with van der Waals surface area (Å²) < 4.78 is 79.3. The van der Waals surface area contributed by atoms with Crippen LogP contribution in [0.4, 0.5) is 28.9 Å². The van der Waals surface area contributed by atoms with Crippen LogP contribution in [-0.4, -0.2) is 14.3 Å². The highest BCUT2D eigenvalue weighted by atomic mass is 32.2. The van der Waals surface area contributed by atoms with Crippen LogP contribution in [0.3, 0.4) is 0 Å². The zero-order valence-corrected chi connectivity index (χ0v) is 18.0. The molecule has 1 amide bonds. The number of halogens is 4. The van der Waals surface area contributed by atoms with E-state index in [9.17, 15) is 30.8 Å². The lowest BCUT2D eigenvalue weighted by Crippen LogP contribution is -2.15. The quantitative estimate of drug-likeness (QED) is 0.358. The summed E-state index contributed by atoms with van der Waals surface area (Å²) in [5, 5.41) is 2.48. The summed E-state index contributed by atoms with van der Waals surface area (Å²) >= 11 is 0. The third-order valence-electron chi connectivity index (χ3n) is 4.48. The number of sulfonamides is 1. The summed E-state index contributed by atoms with van der Waals surface area (Å²) in [6.07, 6.45) is -2.25. The largest absolute Gasteiger partial charge is 0.416 e. The van der Waals surface area contributed by atoms with Crippen LogP contribution in [0.25, 0.3) is 6.08 Å². The molecule has 0 aliphatic heterocycles. The molecule has 33 heavy (non-hydrogen) atoms. The molecule has 0 heterocycles. The summed E-state index contributed by atoms with van der Waals surface area (Å²) in [6, 6.07) is 13.5. The fraction of sp³-hybridized carbons (Fsp3) is 0.0870. The third-order valence-corrected chi connectivity index (χ3v) is 6.01. The van der Waals surface area contributed by atoms with E-state index in [1.807, 2.05) is 0 Å². The lowest BCUT2D eigenvalue weighted by atomic mass is 10.1. The van der Waals surface area contributed by atoms with Crippen molar-refractivity contribution in [3.8, 4) is 0 Å². The average molecular weight is 478 g/mol. The molecule has 0 saturated carbocycles. The number of alkyl halides is 3. The topological polar surface area (TPSA) is 75.3 Å². The summed E-state index contributed by atoms with van der Waals surface area (Å²) in [5.41, 5.74) is 0.0675. The highest BCUT2D eigenvalue weighted by Crippen LogP contribution is 2.29. The number of nitrogens with one attached hydrogen (secondary N) is 2. The molecule has 5 nitrogen and oxygen atoms in total. The highest BCUT2D eigenvalue weighted by Gasteiger charge is 2.30. The minimum absolute atomic E-state index is 0.105. The first-order valence-corrected chi connectivity index (χ1v) is 11.0. The fourth-order valence-corrected chi connectivity index (χ4v) is 4.20. The Morgan fingerprint density at radius 1 is 0.939 bits per heavy atom. The molecule has 0 aliphatic rings. The van der Waals surface area contributed by atoms with E-state index >= 15 is 0 Å². The Bertz CT molecular complexity index is 1300. The van der Waals surface area contributed by atoms with Gasteiger partial charge in [-0.2, -0.15) is 13.2 Å². The maximum atomic E-state index is 13.1. The molecule has 2 N–H and O–H groups in total. The zero-order valence-electron chi connectivity index (χ0n) is 17.2. The van der Waals surface area contributed by atoms with E-state index < -0.39 is 33.5 Å². The minimum Gasteiger partial charge on any atom is -0.322 e. The molecule has 0 aromatic heterocycles. The van der Waals surface area contributed by atoms with Gasteiger partial charge in [-0.3, -0.25) is 9.52 Å². The molecule has 0 aliphatic carbocycles. The van der Waals surface area contributed by atoms with Crippen molar-refractivity contribution >= 4 is 33.4 Å². The van der Waals surface area contributed by atoms with Crippen LogP contribution >= 0.6 is 0 Å². The summed E-state index contributed by atoms with van der Waals surface area (Å²) in [6.45, 7) is 1.57. The molecule has 0 radical (unpaired) electrons. The van der Waals surface area contributed by atoms with Gasteiger partial charge < -0.3 is 5.32 Å². The maximum absolute atomic E-state index is 13.1. The maximum Gasteiger partial charge on any atom is 0.416 e. The van der Waals surface area contributed by atoms with Crippen molar-refractivity contribution in [2.75, 3.05) is 10.0 Å². The van der Waals surface area contributed by atoms with Gasteiger partial charge in [0.15, 0.2) is 0 Å². The van der Waals surface area contributed by atoms with Crippen molar-refractivity contribution in [2.45, 2.75) is 18.0 Å². The molecule has 3 rings (SSSR count). The second-order valence-corrected chi connectivity index (χ2v) is 8.69. The Morgan fingerprint density at radius 3 is 2.27 bits per heavy atom. The molecule has 0 unspecified atom stereocenters. The lowest BCUT2D eigenvalue weighted by Gasteiger charge is -2.12. The number of rotatable bonds is 6. The Balaban J connectivity index is 1.76. The number of hydrogen-bond acceptors (Lipinski definition) is 3. The number of aryl methyl sites for hydroxylation is 1. The van der Waals surface area contributed by atoms with Gasteiger partial charge in [0.25, 0.3) is 10.0 Å². The molecular formula is C23H18F4N2O3S. The lowest BCUT2D eigenvalue weighted by molar-refractivity contribution is -0.137. The zero-order chi connectivity index (χ0) is 24.2. The Morgan fingerprint density at radius 2 is 1.61 bits per heavy atom. The summed E-state index contributed by atoms with van der Waals surface area (Å²) in [7, 11) is -4.04. The molecule has 0 bridgehead atoms. The molecule has 172 valence electrons. The molecule has 3 aromatic carbocycles. The van der Waals surface area contributed by atoms with E-state index in [4.69, 9.17) is 0 Å². The van der Waals surface area contributed by atoms with Crippen LogP contribution in [0.1, 0.15) is 16.7 Å². The molecular weight excluding hydrogens is 460 g/mol. The van der Waals surface area contributed by atoms with Gasteiger partial charge >= 0.3 is 6.18 Å². The predicted molar refractivity (Wildman–Crippen MR) is 117 cm³/mol. The van der Waals surface area contributed by atoms with Crippen LogP contribution < -0.4 is 10.0 Å². The summed E-state index contributed by atoms with van der Waals surface area (Å²) in [4.78, 5) is 12.1. The SMILES string of the molecule is Cc1ccc(NC(=O)C=Cc2cccc(C(F)(F)F)c2)cc1S(=O)(=O)Nc1ccc(F)cc1. The van der Waals surface area contributed by atoms with Gasteiger partial charge in [0.05, 0.1) is 10.5 Å². The minimum atomic E-state index is -4.50. The number of carbonyl (C=O) groups excluding carboxylic acids is 1. The molecule has 0 saturated heterocycles. The van der Waals surface area contributed by atoms with Crippen LogP contribution in [0.2, 0.25) is 0 Å². The van der Waals surface area contributed by atoms with E-state index in [0.29, 0.717) is 5.56 Å². The van der Waals surface area contributed by atoms with Crippen LogP contribution in [0.5, 0.6) is 0 Å². The van der Waals surface area contributed by atoms with Gasteiger partial charge in [0, 0.05) is 17.5 Å². The van der Waals surface area contributed by atoms with E-state index in [-0.39, 0.29) is 21.8 Å². The second kappa shape index (κ2) is 9.45. The van der Waals surface area contributed by atoms with Gasteiger partial charge in [-0.15, -0.1) is 0 Å². The summed E-state index contributed by atoms with van der Waals surface area (Å²) in [5.74, 6) is -1.18. The van der Waals surface area contributed by atoms with Crippen molar-refractivity contribution in [3.05, 3.63) is 95.3 Å². The van der Waals surface area contributed by atoms with Gasteiger partial charge in [0.1, 0.15) is 5.82 Å². The van der Waals surface area contributed by atoms with E-state index in [1.54, 1.807) is 6.92 Å². The number of carbonyl (C=O) groups is 1. The van der Waals surface area contributed by atoms with Crippen LogP contribution in [0.15, 0.2) is 77.7 Å². The fourth-order valence-electron chi connectivity index (χ4n) is 2.87.